The zero-order chi connectivity index (χ0) is 38.3. The highest BCUT2D eigenvalue weighted by Gasteiger charge is 2.29. The lowest BCUT2D eigenvalue weighted by molar-refractivity contribution is -0.145. The zero-order valence-corrected chi connectivity index (χ0v) is 30.3. The number of unbranched alkanes of at least 4 members (excludes halogenated alkanes) is 1. The van der Waals surface area contributed by atoms with Crippen LogP contribution in [-0.4, -0.2) is 61.0 Å². The molecular weight excluding hydrogens is 674 g/mol. The third-order valence-electron chi connectivity index (χ3n) is 9.10. The van der Waals surface area contributed by atoms with Crippen LogP contribution in [0.5, 0.6) is 11.5 Å². The van der Waals surface area contributed by atoms with Crippen molar-refractivity contribution >= 4 is 30.3 Å². The van der Waals surface area contributed by atoms with Gasteiger partial charge in [0.2, 0.25) is 12.2 Å². The number of esters is 1. The van der Waals surface area contributed by atoms with Gasteiger partial charge in [0.1, 0.15) is 18.1 Å². The van der Waals surface area contributed by atoms with Crippen LogP contribution in [0.25, 0.3) is 0 Å². The molecule has 11 nitrogen and oxygen atoms in total. The highest BCUT2D eigenvalue weighted by atomic mass is 16.6. The van der Waals surface area contributed by atoms with Crippen LogP contribution in [0.1, 0.15) is 69.2 Å². The Hall–Kier alpha value is -6.15. The van der Waals surface area contributed by atoms with Crippen molar-refractivity contribution in [2.24, 2.45) is 9.98 Å². The van der Waals surface area contributed by atoms with E-state index in [2.05, 4.69) is 37.7 Å². The molecule has 0 aliphatic carbocycles. The van der Waals surface area contributed by atoms with Crippen molar-refractivity contribution < 1.29 is 38.2 Å². The Morgan fingerprint density at radius 1 is 0.642 bits per heavy atom. The lowest BCUT2D eigenvalue weighted by Crippen LogP contribution is -2.43. The third kappa shape index (κ3) is 10.9. The van der Waals surface area contributed by atoms with Gasteiger partial charge in [-0.1, -0.05) is 113 Å². The summed E-state index contributed by atoms with van der Waals surface area (Å²) >= 11 is 0. The average molecular weight is 718 g/mol. The van der Waals surface area contributed by atoms with Gasteiger partial charge in [-0.2, -0.15) is 4.99 Å². The molecule has 4 aromatic carbocycles. The fourth-order valence-electron chi connectivity index (χ4n) is 5.70. The number of rotatable bonds is 16. The largest absolute Gasteiger partial charge is 0.462 e. The quantitative estimate of drug-likeness (QED) is 0.0490. The molecule has 274 valence electrons. The van der Waals surface area contributed by atoms with Gasteiger partial charge in [0.05, 0.1) is 13.1 Å². The van der Waals surface area contributed by atoms with Gasteiger partial charge in [-0.3, -0.25) is 0 Å². The summed E-state index contributed by atoms with van der Waals surface area (Å²) < 4.78 is 16.5. The number of benzene rings is 4. The molecule has 0 saturated heterocycles. The highest BCUT2D eigenvalue weighted by Crippen LogP contribution is 2.33. The van der Waals surface area contributed by atoms with E-state index in [1.165, 1.54) is 12.2 Å². The van der Waals surface area contributed by atoms with E-state index >= 15 is 0 Å². The Balaban J connectivity index is 1.48. The van der Waals surface area contributed by atoms with Crippen molar-refractivity contribution in [3.8, 4) is 11.5 Å². The number of imide groups is 1. The van der Waals surface area contributed by atoms with Crippen LogP contribution in [0.3, 0.4) is 0 Å². The standard InChI is InChI=1S/C42H43N3O8/c1-41(2,31-13-7-5-8-14-31)33-18-22-35(23-19-33)52-39(49)45(27-28-51-38(48)37(44-30-47)17-11-12-26-43-29-46)40(50)53-36-24-20-34(21-25-36)42(3,4)32-15-9-6-10-16-32/h5-10,13-16,18-25,37H,11-12,17,26-28H2,1-4H3. The number of ether oxygens (including phenoxy) is 3. The van der Waals surface area contributed by atoms with E-state index in [0.717, 1.165) is 22.3 Å². The molecule has 0 radical (unpaired) electrons. The van der Waals surface area contributed by atoms with E-state index in [-0.39, 0.29) is 35.3 Å². The van der Waals surface area contributed by atoms with Crippen molar-refractivity contribution in [2.45, 2.75) is 63.8 Å². The smallest absolute Gasteiger partial charge is 0.424 e. The number of hydrogen-bond acceptors (Lipinski definition) is 10. The Labute approximate surface area is 309 Å². The highest BCUT2D eigenvalue weighted by molar-refractivity contribution is 5.90. The minimum Gasteiger partial charge on any atom is -0.462 e. The first-order valence-corrected chi connectivity index (χ1v) is 17.3. The summed E-state index contributed by atoms with van der Waals surface area (Å²) in [6, 6.07) is 32.7. The molecule has 1 unspecified atom stereocenters. The molecule has 0 spiro atoms. The van der Waals surface area contributed by atoms with E-state index in [4.69, 9.17) is 14.2 Å². The van der Waals surface area contributed by atoms with E-state index in [1.807, 2.05) is 84.9 Å². The van der Waals surface area contributed by atoms with Crippen molar-refractivity contribution in [1.82, 2.24) is 4.90 Å². The second-order valence-corrected chi connectivity index (χ2v) is 13.3. The van der Waals surface area contributed by atoms with Gasteiger partial charge < -0.3 is 14.2 Å². The first kappa shape index (κ1) is 39.6. The van der Waals surface area contributed by atoms with Crippen LogP contribution in [0.15, 0.2) is 119 Å². The monoisotopic (exact) mass is 717 g/mol. The van der Waals surface area contributed by atoms with Crippen LogP contribution in [0.4, 0.5) is 9.59 Å². The fraction of sp³-hybridized carbons (Fsp3) is 0.310. The minimum absolute atomic E-state index is 0.143. The normalized spacial score (nSPS) is 11.6. The van der Waals surface area contributed by atoms with Crippen LogP contribution < -0.4 is 9.47 Å². The summed E-state index contributed by atoms with van der Waals surface area (Å²) in [6.45, 7) is 7.72. The number of carbonyl (C=O) groups is 3. The first-order chi connectivity index (χ1) is 25.5. The van der Waals surface area contributed by atoms with E-state index in [9.17, 15) is 24.0 Å². The van der Waals surface area contributed by atoms with Crippen molar-refractivity contribution in [1.29, 1.82) is 0 Å². The van der Waals surface area contributed by atoms with Crippen LogP contribution in [0, 0.1) is 0 Å². The first-order valence-electron chi connectivity index (χ1n) is 17.3. The summed E-state index contributed by atoms with van der Waals surface area (Å²) in [7, 11) is 0. The number of nitrogens with zero attached hydrogens (tertiary/aromatic N) is 3. The maximum absolute atomic E-state index is 13.5. The Kier molecular flexibility index (Phi) is 14.1. The van der Waals surface area contributed by atoms with Gasteiger partial charge >= 0.3 is 18.2 Å². The SMILES string of the molecule is CC(C)(c1ccccc1)c1ccc(OC(=O)N(CCOC(=O)C(CCCCN=C=O)N=C=O)C(=O)Oc2ccc(C(C)(C)c3ccccc3)cc2)cc1. The molecule has 1 atom stereocenters. The summed E-state index contributed by atoms with van der Waals surface area (Å²) in [5, 5.41) is 0. The molecule has 11 heteroatoms. The average Bonchev–Trinajstić information content (AvgIpc) is 3.17. The third-order valence-corrected chi connectivity index (χ3v) is 9.10. The Morgan fingerprint density at radius 3 is 1.53 bits per heavy atom. The second kappa shape index (κ2) is 18.9. The molecule has 0 saturated carbocycles. The van der Waals surface area contributed by atoms with Crippen LogP contribution >= 0.6 is 0 Å². The van der Waals surface area contributed by atoms with Gasteiger partial charge in [-0.05, 0) is 65.8 Å². The molecule has 0 aliphatic heterocycles. The molecular formula is C42H43N3O8. The minimum atomic E-state index is -1.16. The van der Waals surface area contributed by atoms with Gasteiger partial charge in [0, 0.05) is 10.8 Å². The number of isocyanates is 2. The second-order valence-electron chi connectivity index (χ2n) is 13.3. The predicted octanol–water partition coefficient (Wildman–Crippen LogP) is 8.09. The molecule has 0 fully saturated rings. The summed E-state index contributed by atoms with van der Waals surface area (Å²) in [6.07, 6.45) is 1.72. The Morgan fingerprint density at radius 2 is 1.09 bits per heavy atom. The molecule has 53 heavy (non-hydrogen) atoms. The van der Waals surface area contributed by atoms with Gasteiger partial charge in [0.15, 0.2) is 6.04 Å². The maximum Gasteiger partial charge on any atom is 0.424 e. The molecule has 2 amide bonds. The Bertz CT molecular complexity index is 1810. The molecule has 0 heterocycles. The van der Waals surface area contributed by atoms with Crippen LogP contribution in [0.2, 0.25) is 0 Å². The number of carbonyl (C=O) groups excluding carboxylic acids is 5. The molecule has 0 bridgehead atoms. The lowest BCUT2D eigenvalue weighted by Gasteiger charge is -2.26. The number of amides is 2. The van der Waals surface area contributed by atoms with E-state index in [1.54, 1.807) is 24.3 Å². The van der Waals surface area contributed by atoms with E-state index < -0.39 is 37.3 Å². The maximum atomic E-state index is 13.5. The molecule has 4 aromatic rings. The molecule has 0 aromatic heterocycles. The number of aliphatic imine (C=N–C) groups is 2. The predicted molar refractivity (Wildman–Crippen MR) is 198 cm³/mol. The fourth-order valence-corrected chi connectivity index (χ4v) is 5.70. The van der Waals surface area contributed by atoms with E-state index in [0.29, 0.717) is 17.7 Å². The topological polar surface area (TPSA) is 141 Å². The van der Waals surface area contributed by atoms with Crippen molar-refractivity contribution in [3.63, 3.8) is 0 Å². The van der Waals surface area contributed by atoms with Gasteiger partial charge in [0.25, 0.3) is 0 Å². The molecule has 4 rings (SSSR count). The number of hydrogen-bond donors (Lipinski definition) is 0. The van der Waals surface area contributed by atoms with Crippen molar-refractivity contribution in [3.05, 3.63) is 131 Å². The molecule has 0 N–H and O–H groups in total. The zero-order valence-electron chi connectivity index (χ0n) is 30.3. The van der Waals surface area contributed by atoms with Gasteiger partial charge in [-0.25, -0.2) is 33.9 Å². The summed E-state index contributed by atoms with van der Waals surface area (Å²) in [5.74, 6) is -0.476. The lowest BCUT2D eigenvalue weighted by atomic mass is 9.78. The van der Waals surface area contributed by atoms with Crippen molar-refractivity contribution in [2.75, 3.05) is 19.7 Å². The summed E-state index contributed by atoms with van der Waals surface area (Å²) in [4.78, 5) is 68.6. The van der Waals surface area contributed by atoms with Gasteiger partial charge in [-0.15, -0.1) is 0 Å². The molecule has 0 aliphatic rings. The van der Waals surface area contributed by atoms with Crippen LogP contribution in [-0.2, 0) is 30.0 Å². The summed E-state index contributed by atoms with van der Waals surface area (Å²) in [5.41, 5.74) is 3.52.